The van der Waals surface area contributed by atoms with Crippen LogP contribution in [-0.2, 0) is 4.79 Å². The second-order valence-electron chi connectivity index (χ2n) is 5.41. The quantitative estimate of drug-likeness (QED) is 0.882. The van der Waals surface area contributed by atoms with Crippen molar-refractivity contribution in [3.63, 3.8) is 0 Å². The van der Waals surface area contributed by atoms with Crippen molar-refractivity contribution >= 4 is 5.91 Å². The third-order valence-electron chi connectivity index (χ3n) is 4.04. The number of piperazine rings is 1. The van der Waals surface area contributed by atoms with E-state index in [9.17, 15) is 9.90 Å². The van der Waals surface area contributed by atoms with Crippen LogP contribution in [0, 0.1) is 0 Å². The van der Waals surface area contributed by atoms with Gasteiger partial charge in [0.15, 0.2) is 6.10 Å². The molecule has 1 aromatic rings. The lowest BCUT2D eigenvalue weighted by atomic mass is 10.1. The molecular formula is C15H20N2O2. The van der Waals surface area contributed by atoms with Gasteiger partial charge in [-0.1, -0.05) is 30.3 Å². The molecule has 1 amide bonds. The lowest BCUT2D eigenvalue weighted by Crippen LogP contribution is -2.50. The first kappa shape index (κ1) is 12.6. The van der Waals surface area contributed by atoms with Crippen LogP contribution in [0.4, 0.5) is 0 Å². The molecule has 1 unspecified atom stereocenters. The van der Waals surface area contributed by atoms with E-state index in [-0.39, 0.29) is 5.91 Å². The number of hydrogen-bond acceptors (Lipinski definition) is 3. The number of aliphatic hydroxyl groups is 1. The fourth-order valence-corrected chi connectivity index (χ4v) is 2.70. The summed E-state index contributed by atoms with van der Waals surface area (Å²) in [6.07, 6.45) is 1.59. The number of rotatable bonds is 3. The maximum absolute atomic E-state index is 12.2. The molecule has 2 fully saturated rings. The van der Waals surface area contributed by atoms with Crippen LogP contribution in [0.1, 0.15) is 24.5 Å². The van der Waals surface area contributed by atoms with Crippen LogP contribution < -0.4 is 0 Å². The summed E-state index contributed by atoms with van der Waals surface area (Å²) in [5.74, 6) is -0.165. The average molecular weight is 260 g/mol. The van der Waals surface area contributed by atoms with Crippen LogP contribution >= 0.6 is 0 Å². The number of nitrogens with zero attached hydrogens (tertiary/aromatic N) is 2. The number of carbonyl (C=O) groups excluding carboxylic acids is 1. The summed E-state index contributed by atoms with van der Waals surface area (Å²) in [5, 5.41) is 10.1. The molecule has 1 saturated carbocycles. The Hall–Kier alpha value is -1.39. The van der Waals surface area contributed by atoms with Gasteiger partial charge in [0.25, 0.3) is 5.91 Å². The van der Waals surface area contributed by atoms with Crippen molar-refractivity contribution in [2.75, 3.05) is 26.2 Å². The Morgan fingerprint density at radius 3 is 2.32 bits per heavy atom. The lowest BCUT2D eigenvalue weighted by Gasteiger charge is -2.35. The van der Waals surface area contributed by atoms with Crippen molar-refractivity contribution in [2.24, 2.45) is 0 Å². The summed E-state index contributed by atoms with van der Waals surface area (Å²) in [6.45, 7) is 3.36. The Morgan fingerprint density at radius 2 is 1.74 bits per heavy atom. The molecule has 1 aromatic carbocycles. The van der Waals surface area contributed by atoms with Crippen molar-refractivity contribution in [2.45, 2.75) is 25.0 Å². The van der Waals surface area contributed by atoms with Crippen LogP contribution in [-0.4, -0.2) is 53.0 Å². The molecule has 1 aliphatic heterocycles. The Kier molecular flexibility index (Phi) is 3.53. The van der Waals surface area contributed by atoms with E-state index in [0.717, 1.165) is 32.2 Å². The van der Waals surface area contributed by atoms with E-state index in [1.165, 1.54) is 12.8 Å². The van der Waals surface area contributed by atoms with E-state index >= 15 is 0 Å². The second-order valence-corrected chi connectivity index (χ2v) is 5.41. The van der Waals surface area contributed by atoms with Gasteiger partial charge in [-0.2, -0.15) is 0 Å². The van der Waals surface area contributed by atoms with E-state index in [1.54, 1.807) is 17.0 Å². The molecule has 4 nitrogen and oxygen atoms in total. The van der Waals surface area contributed by atoms with E-state index in [4.69, 9.17) is 0 Å². The summed E-state index contributed by atoms with van der Waals surface area (Å²) in [4.78, 5) is 16.5. The third kappa shape index (κ3) is 2.80. The molecule has 2 aliphatic rings. The molecule has 0 bridgehead atoms. The SMILES string of the molecule is O=C(C(O)c1ccccc1)N1CCN(C2CC2)CC1. The topological polar surface area (TPSA) is 43.8 Å². The molecule has 1 atom stereocenters. The minimum absolute atomic E-state index is 0.165. The predicted octanol–water partition coefficient (Wildman–Crippen LogP) is 1.03. The molecular weight excluding hydrogens is 240 g/mol. The Morgan fingerprint density at radius 1 is 1.11 bits per heavy atom. The highest BCUT2D eigenvalue weighted by atomic mass is 16.3. The second kappa shape index (κ2) is 5.31. The van der Waals surface area contributed by atoms with Gasteiger partial charge in [0, 0.05) is 32.2 Å². The highest BCUT2D eigenvalue weighted by Crippen LogP contribution is 2.28. The Bertz CT molecular complexity index is 437. The summed E-state index contributed by atoms with van der Waals surface area (Å²) in [7, 11) is 0. The molecule has 0 radical (unpaired) electrons. The molecule has 1 aliphatic carbocycles. The normalized spacial score (nSPS) is 22.3. The maximum Gasteiger partial charge on any atom is 0.256 e. The van der Waals surface area contributed by atoms with Gasteiger partial charge >= 0.3 is 0 Å². The zero-order valence-corrected chi connectivity index (χ0v) is 11.0. The Labute approximate surface area is 113 Å². The molecule has 0 spiro atoms. The van der Waals surface area contributed by atoms with E-state index in [2.05, 4.69) is 4.90 Å². The molecule has 4 heteroatoms. The van der Waals surface area contributed by atoms with Gasteiger partial charge in [-0.15, -0.1) is 0 Å². The Balaban J connectivity index is 1.58. The van der Waals surface area contributed by atoms with E-state index in [0.29, 0.717) is 5.56 Å². The molecule has 3 rings (SSSR count). The van der Waals surface area contributed by atoms with E-state index < -0.39 is 6.10 Å². The number of carbonyl (C=O) groups is 1. The van der Waals surface area contributed by atoms with Gasteiger partial charge in [-0.3, -0.25) is 9.69 Å². The molecule has 1 heterocycles. The molecule has 19 heavy (non-hydrogen) atoms. The highest BCUT2D eigenvalue weighted by molar-refractivity contribution is 5.82. The van der Waals surface area contributed by atoms with Crippen LogP contribution in [0.5, 0.6) is 0 Å². The molecule has 1 N–H and O–H groups in total. The predicted molar refractivity (Wildman–Crippen MR) is 72.6 cm³/mol. The molecule has 0 aromatic heterocycles. The van der Waals surface area contributed by atoms with Gasteiger partial charge in [-0.25, -0.2) is 0 Å². The fraction of sp³-hybridized carbons (Fsp3) is 0.533. The maximum atomic E-state index is 12.2. The van der Waals surface area contributed by atoms with Crippen molar-refractivity contribution < 1.29 is 9.90 Å². The van der Waals surface area contributed by atoms with Crippen molar-refractivity contribution in [3.8, 4) is 0 Å². The van der Waals surface area contributed by atoms with Crippen molar-refractivity contribution in [3.05, 3.63) is 35.9 Å². The number of hydrogen-bond donors (Lipinski definition) is 1. The van der Waals surface area contributed by atoms with Gasteiger partial charge in [0.05, 0.1) is 0 Å². The summed E-state index contributed by atoms with van der Waals surface area (Å²) < 4.78 is 0. The van der Waals surface area contributed by atoms with E-state index in [1.807, 2.05) is 18.2 Å². The largest absolute Gasteiger partial charge is 0.378 e. The van der Waals surface area contributed by atoms with Crippen LogP contribution in [0.25, 0.3) is 0 Å². The summed E-state index contributed by atoms with van der Waals surface area (Å²) in [6, 6.07) is 9.92. The first-order valence-corrected chi connectivity index (χ1v) is 7.01. The number of benzene rings is 1. The minimum Gasteiger partial charge on any atom is -0.378 e. The highest BCUT2D eigenvalue weighted by Gasteiger charge is 2.33. The standard InChI is InChI=1S/C15H20N2O2/c18-14(12-4-2-1-3-5-12)15(19)17-10-8-16(9-11-17)13-6-7-13/h1-5,13-14,18H,6-11H2. The summed E-state index contributed by atoms with van der Waals surface area (Å²) in [5.41, 5.74) is 0.678. The monoisotopic (exact) mass is 260 g/mol. The van der Waals surface area contributed by atoms with Gasteiger partial charge in [-0.05, 0) is 18.4 Å². The average Bonchev–Trinajstić information content (AvgIpc) is 3.31. The lowest BCUT2D eigenvalue weighted by molar-refractivity contribution is -0.142. The zero-order valence-electron chi connectivity index (χ0n) is 11.0. The van der Waals surface area contributed by atoms with Crippen molar-refractivity contribution in [1.29, 1.82) is 0 Å². The van der Waals surface area contributed by atoms with Crippen LogP contribution in [0.2, 0.25) is 0 Å². The van der Waals surface area contributed by atoms with Crippen LogP contribution in [0.3, 0.4) is 0 Å². The van der Waals surface area contributed by atoms with Crippen molar-refractivity contribution in [1.82, 2.24) is 9.80 Å². The molecule has 102 valence electrons. The third-order valence-corrected chi connectivity index (χ3v) is 4.04. The molecule has 1 saturated heterocycles. The smallest absolute Gasteiger partial charge is 0.256 e. The van der Waals surface area contributed by atoms with Gasteiger partial charge in [0.1, 0.15) is 0 Å². The summed E-state index contributed by atoms with van der Waals surface area (Å²) >= 11 is 0. The fourth-order valence-electron chi connectivity index (χ4n) is 2.70. The zero-order chi connectivity index (χ0) is 13.2. The first-order chi connectivity index (χ1) is 9.25. The van der Waals surface area contributed by atoms with Crippen LogP contribution in [0.15, 0.2) is 30.3 Å². The number of aliphatic hydroxyl groups excluding tert-OH is 1. The van der Waals surface area contributed by atoms with Gasteiger partial charge < -0.3 is 10.0 Å². The first-order valence-electron chi connectivity index (χ1n) is 7.01. The number of amides is 1. The minimum atomic E-state index is -1.02. The van der Waals surface area contributed by atoms with Gasteiger partial charge in [0.2, 0.25) is 0 Å².